The van der Waals surface area contributed by atoms with Gasteiger partial charge in [0.2, 0.25) is 0 Å². The highest BCUT2D eigenvalue weighted by Gasteiger charge is 2.17. The van der Waals surface area contributed by atoms with Gasteiger partial charge in [-0.05, 0) is 50.2 Å². The molecule has 0 saturated carbocycles. The van der Waals surface area contributed by atoms with Gasteiger partial charge in [0.15, 0.2) is 0 Å². The SMILES string of the molecule is CC(C)(C)CC(O)CNCC1CCCNC1. The van der Waals surface area contributed by atoms with Crippen LogP contribution >= 0.6 is 0 Å². The Labute approximate surface area is 100 Å². The van der Waals surface area contributed by atoms with Crippen molar-refractivity contribution in [2.45, 2.75) is 46.1 Å². The highest BCUT2D eigenvalue weighted by Crippen LogP contribution is 2.20. The van der Waals surface area contributed by atoms with Crippen LogP contribution in [0.15, 0.2) is 0 Å². The number of aliphatic hydroxyl groups is 1. The largest absolute Gasteiger partial charge is 0.392 e. The molecule has 1 aliphatic rings. The molecule has 1 heterocycles. The van der Waals surface area contributed by atoms with E-state index in [1.54, 1.807) is 0 Å². The van der Waals surface area contributed by atoms with E-state index in [-0.39, 0.29) is 11.5 Å². The summed E-state index contributed by atoms with van der Waals surface area (Å²) in [6.45, 7) is 10.6. The van der Waals surface area contributed by atoms with Gasteiger partial charge in [-0.25, -0.2) is 0 Å². The molecular weight excluding hydrogens is 200 g/mol. The molecule has 3 nitrogen and oxygen atoms in total. The average Bonchev–Trinajstić information content (AvgIpc) is 2.16. The van der Waals surface area contributed by atoms with Crippen molar-refractivity contribution in [1.29, 1.82) is 0 Å². The Bertz CT molecular complexity index is 183. The van der Waals surface area contributed by atoms with Crippen molar-refractivity contribution in [2.24, 2.45) is 11.3 Å². The van der Waals surface area contributed by atoms with Crippen molar-refractivity contribution in [2.75, 3.05) is 26.2 Å². The minimum Gasteiger partial charge on any atom is -0.392 e. The minimum atomic E-state index is -0.212. The Balaban J connectivity index is 2.05. The van der Waals surface area contributed by atoms with Gasteiger partial charge in [0.25, 0.3) is 0 Å². The van der Waals surface area contributed by atoms with E-state index in [1.165, 1.54) is 19.4 Å². The molecule has 0 bridgehead atoms. The van der Waals surface area contributed by atoms with Gasteiger partial charge >= 0.3 is 0 Å². The molecule has 0 radical (unpaired) electrons. The van der Waals surface area contributed by atoms with E-state index in [0.29, 0.717) is 0 Å². The van der Waals surface area contributed by atoms with Gasteiger partial charge in [0, 0.05) is 6.54 Å². The van der Waals surface area contributed by atoms with Crippen LogP contribution in [-0.2, 0) is 0 Å². The molecular formula is C13H28N2O. The van der Waals surface area contributed by atoms with Crippen LogP contribution in [0.25, 0.3) is 0 Å². The second-order valence-corrected chi connectivity index (χ2v) is 6.29. The van der Waals surface area contributed by atoms with Crippen molar-refractivity contribution in [3.63, 3.8) is 0 Å². The molecule has 3 heteroatoms. The fraction of sp³-hybridized carbons (Fsp3) is 1.00. The van der Waals surface area contributed by atoms with E-state index < -0.39 is 0 Å². The first-order chi connectivity index (χ1) is 7.47. The second kappa shape index (κ2) is 6.58. The summed E-state index contributed by atoms with van der Waals surface area (Å²) in [5, 5.41) is 16.6. The molecule has 2 atom stereocenters. The summed E-state index contributed by atoms with van der Waals surface area (Å²) in [4.78, 5) is 0. The molecule has 0 aromatic carbocycles. The van der Waals surface area contributed by atoms with E-state index in [4.69, 9.17) is 0 Å². The lowest BCUT2D eigenvalue weighted by Gasteiger charge is -2.25. The summed E-state index contributed by atoms with van der Waals surface area (Å²) in [6, 6.07) is 0. The number of nitrogens with one attached hydrogen (secondary N) is 2. The van der Waals surface area contributed by atoms with Gasteiger partial charge in [-0.1, -0.05) is 20.8 Å². The normalized spacial score (nSPS) is 24.4. The first-order valence-corrected chi connectivity index (χ1v) is 6.57. The van der Waals surface area contributed by atoms with Gasteiger partial charge in [-0.15, -0.1) is 0 Å². The molecule has 16 heavy (non-hydrogen) atoms. The fourth-order valence-corrected chi connectivity index (χ4v) is 2.33. The third-order valence-corrected chi connectivity index (χ3v) is 3.06. The Kier molecular flexibility index (Phi) is 5.73. The van der Waals surface area contributed by atoms with Crippen LogP contribution in [0.1, 0.15) is 40.0 Å². The molecule has 0 spiro atoms. The summed E-state index contributed by atoms with van der Waals surface area (Å²) < 4.78 is 0. The number of aliphatic hydroxyl groups excluding tert-OH is 1. The monoisotopic (exact) mass is 228 g/mol. The van der Waals surface area contributed by atoms with Gasteiger partial charge in [0.05, 0.1) is 6.10 Å². The summed E-state index contributed by atoms with van der Waals surface area (Å²) in [7, 11) is 0. The topological polar surface area (TPSA) is 44.3 Å². The lowest BCUT2D eigenvalue weighted by Crippen LogP contribution is -2.38. The molecule has 3 N–H and O–H groups in total. The average molecular weight is 228 g/mol. The van der Waals surface area contributed by atoms with Gasteiger partial charge in [0.1, 0.15) is 0 Å². The summed E-state index contributed by atoms with van der Waals surface area (Å²) >= 11 is 0. The predicted molar refractivity (Wildman–Crippen MR) is 68.5 cm³/mol. The highest BCUT2D eigenvalue weighted by molar-refractivity contribution is 4.74. The quantitative estimate of drug-likeness (QED) is 0.666. The van der Waals surface area contributed by atoms with E-state index in [1.807, 2.05) is 0 Å². The molecule has 0 amide bonds. The third-order valence-electron chi connectivity index (χ3n) is 3.06. The van der Waals surface area contributed by atoms with E-state index in [0.717, 1.165) is 32.0 Å². The zero-order valence-corrected chi connectivity index (χ0v) is 11.1. The van der Waals surface area contributed by atoms with Gasteiger partial charge in [-0.3, -0.25) is 0 Å². The molecule has 0 aromatic heterocycles. The first-order valence-electron chi connectivity index (χ1n) is 6.57. The van der Waals surface area contributed by atoms with Crippen molar-refractivity contribution in [3.8, 4) is 0 Å². The highest BCUT2D eigenvalue weighted by atomic mass is 16.3. The Hall–Kier alpha value is -0.120. The molecule has 0 aliphatic carbocycles. The first kappa shape index (κ1) is 13.9. The molecule has 1 rings (SSSR count). The second-order valence-electron chi connectivity index (χ2n) is 6.29. The Morgan fingerprint density at radius 2 is 2.19 bits per heavy atom. The van der Waals surface area contributed by atoms with Crippen LogP contribution in [0.2, 0.25) is 0 Å². The maximum Gasteiger partial charge on any atom is 0.0669 e. The van der Waals surface area contributed by atoms with Crippen LogP contribution in [0, 0.1) is 11.3 Å². The third kappa shape index (κ3) is 6.46. The number of rotatable bonds is 5. The summed E-state index contributed by atoms with van der Waals surface area (Å²) in [5.74, 6) is 0.746. The van der Waals surface area contributed by atoms with Crippen molar-refractivity contribution in [1.82, 2.24) is 10.6 Å². The summed E-state index contributed by atoms with van der Waals surface area (Å²) in [5.41, 5.74) is 0.216. The maximum absolute atomic E-state index is 9.84. The maximum atomic E-state index is 9.84. The number of piperidine rings is 1. The molecule has 1 aliphatic heterocycles. The Morgan fingerprint density at radius 3 is 2.75 bits per heavy atom. The summed E-state index contributed by atoms with van der Waals surface area (Å²) in [6.07, 6.45) is 3.26. The van der Waals surface area contributed by atoms with Crippen molar-refractivity contribution in [3.05, 3.63) is 0 Å². The van der Waals surface area contributed by atoms with Crippen LogP contribution in [0.3, 0.4) is 0 Å². The van der Waals surface area contributed by atoms with Crippen LogP contribution < -0.4 is 10.6 Å². The minimum absolute atomic E-state index is 0.212. The lowest BCUT2D eigenvalue weighted by atomic mass is 9.89. The Morgan fingerprint density at radius 1 is 1.44 bits per heavy atom. The van der Waals surface area contributed by atoms with Crippen LogP contribution in [-0.4, -0.2) is 37.4 Å². The number of hydrogen-bond acceptors (Lipinski definition) is 3. The van der Waals surface area contributed by atoms with Crippen molar-refractivity contribution < 1.29 is 5.11 Å². The van der Waals surface area contributed by atoms with E-state index in [9.17, 15) is 5.11 Å². The number of hydrogen-bond donors (Lipinski definition) is 3. The smallest absolute Gasteiger partial charge is 0.0669 e. The zero-order valence-electron chi connectivity index (χ0n) is 11.1. The van der Waals surface area contributed by atoms with Gasteiger partial charge < -0.3 is 15.7 Å². The van der Waals surface area contributed by atoms with Crippen molar-refractivity contribution >= 4 is 0 Å². The molecule has 1 saturated heterocycles. The van der Waals surface area contributed by atoms with Crippen LogP contribution in [0.4, 0.5) is 0 Å². The van der Waals surface area contributed by atoms with E-state index in [2.05, 4.69) is 31.4 Å². The standard InChI is InChI=1S/C13H28N2O/c1-13(2,3)7-12(16)10-15-9-11-5-4-6-14-8-11/h11-12,14-16H,4-10H2,1-3H3. The lowest BCUT2D eigenvalue weighted by molar-refractivity contribution is 0.118. The molecule has 2 unspecified atom stereocenters. The molecule has 0 aromatic rings. The van der Waals surface area contributed by atoms with Crippen LogP contribution in [0.5, 0.6) is 0 Å². The van der Waals surface area contributed by atoms with E-state index >= 15 is 0 Å². The molecule has 96 valence electrons. The fourth-order valence-electron chi connectivity index (χ4n) is 2.33. The molecule has 1 fully saturated rings. The zero-order chi connectivity index (χ0) is 12.0. The predicted octanol–water partition coefficient (Wildman–Crippen LogP) is 1.37. The van der Waals surface area contributed by atoms with Gasteiger partial charge in [-0.2, -0.15) is 0 Å².